The molecular formula is C22H26ClNO3. The van der Waals surface area contributed by atoms with Crippen molar-refractivity contribution in [3.05, 3.63) is 52.5 Å². The van der Waals surface area contributed by atoms with Gasteiger partial charge in [-0.2, -0.15) is 0 Å². The number of fused-ring (bicyclic) bond motifs is 1. The minimum Gasteiger partial charge on any atom is -0.492 e. The molecule has 3 rings (SSSR count). The first-order valence-electron chi connectivity index (χ1n) is 9.37. The molecule has 1 amide bonds. The normalized spacial score (nSPS) is 17.4. The van der Waals surface area contributed by atoms with Crippen molar-refractivity contribution in [2.45, 2.75) is 46.1 Å². The van der Waals surface area contributed by atoms with Gasteiger partial charge in [0.25, 0.3) is 0 Å². The van der Waals surface area contributed by atoms with Crippen LogP contribution >= 0.6 is 11.6 Å². The van der Waals surface area contributed by atoms with Gasteiger partial charge >= 0.3 is 6.09 Å². The van der Waals surface area contributed by atoms with E-state index >= 15 is 0 Å². The summed E-state index contributed by atoms with van der Waals surface area (Å²) >= 11 is 6.40. The highest BCUT2D eigenvalue weighted by Gasteiger charge is 2.39. The molecule has 0 aliphatic heterocycles. The number of unbranched alkanes of at least 4 members (excludes halogenated alkanes) is 1. The molecule has 1 atom stereocenters. The zero-order chi connectivity index (χ0) is 19.6. The van der Waals surface area contributed by atoms with Gasteiger partial charge in [0.15, 0.2) is 0 Å². The van der Waals surface area contributed by atoms with E-state index in [1.807, 2.05) is 30.3 Å². The maximum atomic E-state index is 11.2. The van der Waals surface area contributed by atoms with E-state index < -0.39 is 6.09 Å². The molecule has 0 spiro atoms. The topological polar surface area (TPSA) is 58.6 Å². The van der Waals surface area contributed by atoms with E-state index in [1.165, 1.54) is 5.56 Å². The van der Waals surface area contributed by atoms with Gasteiger partial charge < -0.3 is 15.2 Å². The van der Waals surface area contributed by atoms with Gasteiger partial charge in [0.05, 0.1) is 17.7 Å². The van der Waals surface area contributed by atoms with Gasteiger partial charge in [0, 0.05) is 0 Å². The van der Waals surface area contributed by atoms with Gasteiger partial charge in [-0.3, -0.25) is 0 Å². The molecular weight excluding hydrogens is 362 g/mol. The molecule has 0 unspecified atom stereocenters. The Balaban J connectivity index is 1.86. The number of ether oxygens (including phenoxy) is 1. The number of benzene rings is 2. The third kappa shape index (κ3) is 4.22. The van der Waals surface area contributed by atoms with Crippen molar-refractivity contribution < 1.29 is 14.6 Å². The molecule has 2 aromatic carbocycles. The lowest BCUT2D eigenvalue weighted by Gasteiger charge is -2.27. The van der Waals surface area contributed by atoms with E-state index in [9.17, 15) is 4.79 Å². The van der Waals surface area contributed by atoms with Crippen LogP contribution in [0.1, 0.15) is 50.8 Å². The molecule has 2 aromatic rings. The highest BCUT2D eigenvalue weighted by atomic mass is 35.5. The monoisotopic (exact) mass is 387 g/mol. The van der Waals surface area contributed by atoms with Crippen LogP contribution in [0.3, 0.4) is 0 Å². The zero-order valence-corrected chi connectivity index (χ0v) is 16.8. The lowest BCUT2D eigenvalue weighted by Crippen LogP contribution is -2.34. The molecule has 1 aliphatic rings. The largest absolute Gasteiger partial charge is 0.492 e. The molecule has 144 valence electrons. The number of hydrogen-bond donors (Lipinski definition) is 2. The van der Waals surface area contributed by atoms with Crippen LogP contribution in [0.2, 0.25) is 5.02 Å². The lowest BCUT2D eigenvalue weighted by molar-refractivity contribution is 0.175. The van der Waals surface area contributed by atoms with Crippen LogP contribution in [0.5, 0.6) is 5.75 Å². The predicted octanol–water partition coefficient (Wildman–Crippen LogP) is 6.08. The van der Waals surface area contributed by atoms with Crippen LogP contribution in [0.25, 0.3) is 11.1 Å². The Kier molecular flexibility index (Phi) is 5.66. The van der Waals surface area contributed by atoms with Crippen LogP contribution in [0.4, 0.5) is 4.79 Å². The Hall–Kier alpha value is -2.20. The Labute approximate surface area is 165 Å². The first kappa shape index (κ1) is 19.6. The smallest absolute Gasteiger partial charge is 0.405 e. The minimum atomic E-state index is -0.990. The Morgan fingerprint density at radius 3 is 2.63 bits per heavy atom. The van der Waals surface area contributed by atoms with E-state index in [1.54, 1.807) is 0 Å². The summed E-state index contributed by atoms with van der Waals surface area (Å²) in [5, 5.41) is 12.4. The number of carboxylic acid groups (broad SMARTS) is 1. The third-order valence-corrected chi connectivity index (χ3v) is 5.47. The average Bonchev–Trinajstić information content (AvgIpc) is 2.85. The average molecular weight is 388 g/mol. The van der Waals surface area contributed by atoms with Crippen molar-refractivity contribution in [2.24, 2.45) is 5.41 Å². The molecule has 27 heavy (non-hydrogen) atoms. The van der Waals surface area contributed by atoms with E-state index in [0.29, 0.717) is 17.4 Å². The molecule has 0 saturated heterocycles. The Bertz CT molecular complexity index is 847. The second-order valence-corrected chi connectivity index (χ2v) is 8.22. The van der Waals surface area contributed by atoms with Crippen molar-refractivity contribution in [3.63, 3.8) is 0 Å². The number of hydrogen-bond acceptors (Lipinski definition) is 2. The molecule has 0 aromatic heterocycles. The lowest BCUT2D eigenvalue weighted by atomic mass is 9.85. The molecule has 0 radical (unpaired) electrons. The van der Waals surface area contributed by atoms with Gasteiger partial charge in [0.1, 0.15) is 5.75 Å². The fraction of sp³-hybridized carbons (Fsp3) is 0.409. The molecule has 5 heteroatoms. The van der Waals surface area contributed by atoms with Crippen molar-refractivity contribution in [3.8, 4) is 16.9 Å². The van der Waals surface area contributed by atoms with Crippen molar-refractivity contribution >= 4 is 17.7 Å². The summed E-state index contributed by atoms with van der Waals surface area (Å²) in [6.45, 7) is 6.97. The van der Waals surface area contributed by atoms with E-state index in [2.05, 4.69) is 32.2 Å². The van der Waals surface area contributed by atoms with Crippen molar-refractivity contribution in [1.82, 2.24) is 5.32 Å². The minimum absolute atomic E-state index is 0.159. The van der Waals surface area contributed by atoms with Crippen LogP contribution in [0, 0.1) is 5.41 Å². The Morgan fingerprint density at radius 2 is 1.96 bits per heavy atom. The first-order valence-corrected chi connectivity index (χ1v) is 9.74. The van der Waals surface area contributed by atoms with Crippen LogP contribution in [-0.4, -0.2) is 17.8 Å². The quantitative estimate of drug-likeness (QED) is 0.590. The van der Waals surface area contributed by atoms with Gasteiger partial charge in [-0.05, 0) is 52.6 Å². The molecule has 1 aliphatic carbocycles. The summed E-state index contributed by atoms with van der Waals surface area (Å²) in [7, 11) is 0. The van der Waals surface area contributed by atoms with Crippen LogP contribution < -0.4 is 10.1 Å². The summed E-state index contributed by atoms with van der Waals surface area (Å²) in [6, 6.07) is 11.9. The summed E-state index contributed by atoms with van der Waals surface area (Å²) in [5.74, 6) is 0.710. The molecule has 0 saturated carbocycles. The third-order valence-electron chi connectivity index (χ3n) is 5.17. The molecule has 0 heterocycles. The highest BCUT2D eigenvalue weighted by molar-refractivity contribution is 6.32. The number of carbonyl (C=O) groups is 1. The second kappa shape index (κ2) is 7.81. The molecule has 0 bridgehead atoms. The van der Waals surface area contributed by atoms with Gasteiger partial charge in [-0.25, -0.2) is 4.79 Å². The second-order valence-electron chi connectivity index (χ2n) is 7.81. The molecule has 2 N–H and O–H groups in total. The molecule has 0 fully saturated rings. The maximum absolute atomic E-state index is 11.2. The van der Waals surface area contributed by atoms with E-state index in [4.69, 9.17) is 21.4 Å². The fourth-order valence-corrected chi connectivity index (χ4v) is 3.99. The maximum Gasteiger partial charge on any atom is 0.405 e. The van der Waals surface area contributed by atoms with Crippen LogP contribution in [0.15, 0.2) is 36.4 Å². The standard InChI is InChI=1S/C22H26ClNO3/c1-4-5-10-27-19-9-7-15(12-18(19)23)14-6-8-17-16(11-14)13-22(2,3)20(17)24-21(25)26/h6-9,11-12,20,24H,4-5,10,13H2,1-3H3,(H,25,26)/t20-/m0/s1. The van der Waals surface area contributed by atoms with Crippen molar-refractivity contribution in [2.75, 3.05) is 6.61 Å². The van der Waals surface area contributed by atoms with E-state index in [0.717, 1.165) is 36.0 Å². The summed E-state index contributed by atoms with van der Waals surface area (Å²) in [4.78, 5) is 11.2. The van der Waals surface area contributed by atoms with Crippen molar-refractivity contribution in [1.29, 1.82) is 0 Å². The zero-order valence-electron chi connectivity index (χ0n) is 16.0. The van der Waals surface area contributed by atoms with E-state index in [-0.39, 0.29) is 11.5 Å². The Morgan fingerprint density at radius 1 is 1.26 bits per heavy atom. The SMILES string of the molecule is CCCCOc1ccc(-c2ccc3c(c2)CC(C)(C)[C@H]3NC(=O)O)cc1Cl. The van der Waals surface area contributed by atoms with Gasteiger partial charge in [0.2, 0.25) is 0 Å². The summed E-state index contributed by atoms with van der Waals surface area (Å²) < 4.78 is 5.72. The number of amides is 1. The van der Waals surface area contributed by atoms with Crippen LogP contribution in [-0.2, 0) is 6.42 Å². The number of nitrogens with one attached hydrogen (secondary N) is 1. The first-order chi connectivity index (χ1) is 12.8. The number of rotatable bonds is 6. The fourth-order valence-electron chi connectivity index (χ4n) is 3.75. The predicted molar refractivity (Wildman–Crippen MR) is 109 cm³/mol. The summed E-state index contributed by atoms with van der Waals surface area (Å²) in [5.41, 5.74) is 4.17. The summed E-state index contributed by atoms with van der Waals surface area (Å²) in [6.07, 6.45) is 1.92. The number of halogens is 1. The van der Waals surface area contributed by atoms with Gasteiger partial charge in [-0.15, -0.1) is 0 Å². The molecule has 4 nitrogen and oxygen atoms in total. The highest BCUT2D eigenvalue weighted by Crippen LogP contribution is 2.46. The van der Waals surface area contributed by atoms with Gasteiger partial charge in [-0.1, -0.05) is 63.1 Å².